The standard InChI is InChI=1S/C7H12F2O2/c1-3-11-6(10)4-5(2)7(8)9/h5,7H,3-4H2,1-2H3. The highest BCUT2D eigenvalue weighted by Crippen LogP contribution is 2.13. The van der Waals surface area contributed by atoms with Gasteiger partial charge < -0.3 is 4.74 Å². The van der Waals surface area contributed by atoms with E-state index in [1.54, 1.807) is 6.92 Å². The van der Waals surface area contributed by atoms with Gasteiger partial charge in [-0.05, 0) is 6.92 Å². The second-order valence-electron chi connectivity index (χ2n) is 2.32. The van der Waals surface area contributed by atoms with Gasteiger partial charge in [0, 0.05) is 5.92 Å². The Morgan fingerprint density at radius 3 is 2.45 bits per heavy atom. The van der Waals surface area contributed by atoms with Gasteiger partial charge in [0.2, 0.25) is 6.43 Å². The van der Waals surface area contributed by atoms with Crippen molar-refractivity contribution in [2.45, 2.75) is 26.7 Å². The molecule has 1 atom stereocenters. The first-order chi connectivity index (χ1) is 5.07. The first kappa shape index (κ1) is 10.3. The maximum absolute atomic E-state index is 11.8. The number of hydrogen-bond acceptors (Lipinski definition) is 2. The van der Waals surface area contributed by atoms with Crippen molar-refractivity contribution in [1.82, 2.24) is 0 Å². The molecule has 0 rings (SSSR count). The largest absolute Gasteiger partial charge is 0.466 e. The van der Waals surface area contributed by atoms with Crippen LogP contribution in [0.1, 0.15) is 20.3 Å². The summed E-state index contributed by atoms with van der Waals surface area (Å²) in [5.74, 6) is -1.46. The minimum absolute atomic E-state index is 0.203. The van der Waals surface area contributed by atoms with Crippen LogP contribution in [0.5, 0.6) is 0 Å². The Bertz CT molecular complexity index is 126. The Morgan fingerprint density at radius 2 is 2.09 bits per heavy atom. The van der Waals surface area contributed by atoms with Crippen LogP contribution in [0, 0.1) is 5.92 Å². The van der Waals surface area contributed by atoms with E-state index in [9.17, 15) is 13.6 Å². The Balaban J connectivity index is 3.57. The highest BCUT2D eigenvalue weighted by molar-refractivity contribution is 5.69. The zero-order valence-corrected chi connectivity index (χ0v) is 6.64. The van der Waals surface area contributed by atoms with Crippen molar-refractivity contribution in [3.63, 3.8) is 0 Å². The summed E-state index contributed by atoms with van der Waals surface area (Å²) in [6, 6.07) is 0. The minimum Gasteiger partial charge on any atom is -0.466 e. The molecule has 0 fully saturated rings. The highest BCUT2D eigenvalue weighted by Gasteiger charge is 2.18. The Kier molecular flexibility index (Phi) is 4.74. The van der Waals surface area contributed by atoms with Crippen molar-refractivity contribution < 1.29 is 18.3 Å². The summed E-state index contributed by atoms with van der Waals surface area (Å²) < 4.78 is 28.1. The second-order valence-corrected chi connectivity index (χ2v) is 2.32. The third kappa shape index (κ3) is 4.70. The molecular formula is C7H12F2O2. The van der Waals surface area contributed by atoms with Gasteiger partial charge in [-0.1, -0.05) is 6.92 Å². The van der Waals surface area contributed by atoms with Crippen LogP contribution in [0.4, 0.5) is 8.78 Å². The van der Waals surface area contributed by atoms with Crippen molar-refractivity contribution in [1.29, 1.82) is 0 Å². The van der Waals surface area contributed by atoms with Gasteiger partial charge >= 0.3 is 5.97 Å². The Hall–Kier alpha value is -0.670. The smallest absolute Gasteiger partial charge is 0.306 e. The maximum Gasteiger partial charge on any atom is 0.306 e. The van der Waals surface area contributed by atoms with Crippen LogP contribution in [-0.2, 0) is 9.53 Å². The van der Waals surface area contributed by atoms with E-state index in [-0.39, 0.29) is 13.0 Å². The molecule has 4 heteroatoms. The second kappa shape index (κ2) is 5.04. The summed E-state index contributed by atoms with van der Waals surface area (Å²) in [6.45, 7) is 3.21. The molecule has 2 nitrogen and oxygen atoms in total. The van der Waals surface area contributed by atoms with E-state index >= 15 is 0 Å². The van der Waals surface area contributed by atoms with E-state index in [0.29, 0.717) is 0 Å². The third-order valence-corrected chi connectivity index (χ3v) is 1.22. The number of alkyl halides is 2. The summed E-state index contributed by atoms with van der Waals surface area (Å²) >= 11 is 0. The molecule has 0 aliphatic rings. The predicted molar refractivity (Wildman–Crippen MR) is 36.4 cm³/mol. The molecule has 0 bridgehead atoms. The Morgan fingerprint density at radius 1 is 1.55 bits per heavy atom. The van der Waals surface area contributed by atoms with Crippen molar-refractivity contribution in [2.75, 3.05) is 6.61 Å². The highest BCUT2D eigenvalue weighted by atomic mass is 19.3. The van der Waals surface area contributed by atoms with Crippen molar-refractivity contribution in [2.24, 2.45) is 5.92 Å². The number of carbonyl (C=O) groups is 1. The van der Waals surface area contributed by atoms with Crippen LogP contribution in [-0.4, -0.2) is 19.0 Å². The molecule has 0 N–H and O–H groups in total. The van der Waals surface area contributed by atoms with Crippen LogP contribution in [0.25, 0.3) is 0 Å². The molecule has 1 unspecified atom stereocenters. The van der Waals surface area contributed by atoms with E-state index in [2.05, 4.69) is 4.74 Å². The lowest BCUT2D eigenvalue weighted by molar-refractivity contribution is -0.145. The zero-order valence-electron chi connectivity index (χ0n) is 6.64. The molecule has 66 valence electrons. The van der Waals surface area contributed by atoms with Gasteiger partial charge in [-0.3, -0.25) is 4.79 Å². The van der Waals surface area contributed by atoms with E-state index in [1.165, 1.54) is 6.92 Å². The molecule has 0 spiro atoms. The predicted octanol–water partition coefficient (Wildman–Crippen LogP) is 1.84. The minimum atomic E-state index is -2.44. The molecule has 0 aliphatic carbocycles. The first-order valence-corrected chi connectivity index (χ1v) is 3.51. The molecule has 0 aromatic carbocycles. The van der Waals surface area contributed by atoms with Gasteiger partial charge in [0.15, 0.2) is 0 Å². The SMILES string of the molecule is CCOC(=O)CC(C)C(F)F. The van der Waals surface area contributed by atoms with Gasteiger partial charge in [-0.15, -0.1) is 0 Å². The summed E-state index contributed by atoms with van der Waals surface area (Å²) in [5.41, 5.74) is 0. The normalized spacial score (nSPS) is 13.2. The van der Waals surface area contributed by atoms with Crippen LogP contribution in [0.15, 0.2) is 0 Å². The lowest BCUT2D eigenvalue weighted by Gasteiger charge is -2.08. The third-order valence-electron chi connectivity index (χ3n) is 1.22. The number of hydrogen-bond donors (Lipinski definition) is 0. The van der Waals surface area contributed by atoms with Gasteiger partial charge in [-0.2, -0.15) is 0 Å². The van der Waals surface area contributed by atoms with Crippen molar-refractivity contribution in [3.05, 3.63) is 0 Å². The fourth-order valence-electron chi connectivity index (χ4n) is 0.572. The van der Waals surface area contributed by atoms with E-state index in [4.69, 9.17) is 0 Å². The fourth-order valence-corrected chi connectivity index (χ4v) is 0.572. The topological polar surface area (TPSA) is 26.3 Å². The van der Waals surface area contributed by atoms with Crippen LogP contribution in [0.3, 0.4) is 0 Å². The van der Waals surface area contributed by atoms with Crippen molar-refractivity contribution in [3.8, 4) is 0 Å². The van der Waals surface area contributed by atoms with Gasteiger partial charge in [0.1, 0.15) is 0 Å². The summed E-state index contributed by atoms with van der Waals surface area (Å²) in [4.78, 5) is 10.6. The molecule has 0 aliphatic heterocycles. The van der Waals surface area contributed by atoms with Gasteiger partial charge in [0.25, 0.3) is 0 Å². The molecule has 0 aromatic rings. The van der Waals surface area contributed by atoms with Gasteiger partial charge in [-0.25, -0.2) is 8.78 Å². The molecule has 0 radical (unpaired) electrons. The summed E-state index contributed by atoms with van der Waals surface area (Å²) in [6.07, 6.45) is -2.65. The molecule has 0 saturated heterocycles. The number of ether oxygens (including phenoxy) is 1. The molecular weight excluding hydrogens is 154 g/mol. The summed E-state index contributed by atoms with van der Waals surface area (Å²) in [5, 5.41) is 0. The van der Waals surface area contributed by atoms with Crippen LogP contribution in [0.2, 0.25) is 0 Å². The zero-order chi connectivity index (χ0) is 8.85. The van der Waals surface area contributed by atoms with E-state index in [0.717, 1.165) is 0 Å². The van der Waals surface area contributed by atoms with Crippen LogP contribution >= 0.6 is 0 Å². The van der Waals surface area contributed by atoms with Gasteiger partial charge in [0.05, 0.1) is 13.0 Å². The number of halogens is 2. The van der Waals surface area contributed by atoms with Crippen LogP contribution < -0.4 is 0 Å². The maximum atomic E-state index is 11.8. The molecule has 0 amide bonds. The van der Waals surface area contributed by atoms with Crippen molar-refractivity contribution >= 4 is 5.97 Å². The number of carbonyl (C=O) groups excluding carboxylic acids is 1. The fraction of sp³-hybridized carbons (Fsp3) is 0.857. The number of rotatable bonds is 4. The monoisotopic (exact) mass is 166 g/mol. The summed E-state index contributed by atoms with van der Waals surface area (Å²) in [7, 11) is 0. The Labute approximate surface area is 64.5 Å². The average Bonchev–Trinajstić information content (AvgIpc) is 1.87. The number of esters is 1. The van der Waals surface area contributed by atoms with E-state index in [1.807, 2.05) is 0 Å². The lowest BCUT2D eigenvalue weighted by Crippen LogP contribution is -2.14. The molecule has 0 saturated carbocycles. The first-order valence-electron chi connectivity index (χ1n) is 3.51. The quantitative estimate of drug-likeness (QED) is 0.595. The molecule has 11 heavy (non-hydrogen) atoms. The lowest BCUT2D eigenvalue weighted by atomic mass is 10.1. The molecule has 0 heterocycles. The average molecular weight is 166 g/mol. The molecule has 0 aromatic heterocycles. The van der Waals surface area contributed by atoms with E-state index < -0.39 is 18.3 Å².